The number of hydrogen-bond acceptors (Lipinski definition) is 3. The Labute approximate surface area is 68.7 Å². The molecule has 1 saturated heterocycles. The highest BCUT2D eigenvalue weighted by Gasteiger charge is 2.21. The maximum atomic E-state index is 5.10. The van der Waals surface area contributed by atoms with E-state index in [4.69, 9.17) is 4.74 Å². The monoisotopic (exact) mass is 158 g/mol. The van der Waals surface area contributed by atoms with Gasteiger partial charge in [0.1, 0.15) is 0 Å². The topological polar surface area (TPSA) is 24.5 Å². The minimum Gasteiger partial charge on any atom is -0.378 e. The smallest absolute Gasteiger partial charge is 0.0645 e. The number of nitrogens with zero attached hydrogens (tertiary/aromatic N) is 1. The average molecular weight is 158 g/mol. The van der Waals surface area contributed by atoms with Crippen molar-refractivity contribution in [1.82, 2.24) is 10.2 Å². The van der Waals surface area contributed by atoms with Crippen LogP contribution in [0.4, 0.5) is 0 Å². The van der Waals surface area contributed by atoms with Crippen LogP contribution >= 0.6 is 0 Å². The lowest BCUT2D eigenvalue weighted by Gasteiger charge is -2.34. The Kier molecular flexibility index (Phi) is 3.83. The summed E-state index contributed by atoms with van der Waals surface area (Å²) in [6.45, 7) is 7.25. The van der Waals surface area contributed by atoms with Gasteiger partial charge >= 0.3 is 0 Å². The zero-order chi connectivity index (χ0) is 8.10. The third-order valence-corrected chi connectivity index (χ3v) is 2.14. The summed E-state index contributed by atoms with van der Waals surface area (Å²) in [5.41, 5.74) is 0. The van der Waals surface area contributed by atoms with Crippen molar-refractivity contribution in [2.75, 3.05) is 39.9 Å². The number of rotatable bonds is 5. The predicted molar refractivity (Wildman–Crippen MR) is 45.8 cm³/mol. The fraction of sp³-hybridized carbons (Fsp3) is 1.00. The lowest BCUT2D eigenvalue weighted by molar-refractivity contribution is -0.0553. The van der Waals surface area contributed by atoms with Crippen LogP contribution < -0.4 is 5.32 Å². The van der Waals surface area contributed by atoms with Crippen molar-refractivity contribution < 1.29 is 4.74 Å². The molecule has 0 saturated carbocycles. The molecule has 1 N–H and O–H groups in total. The van der Waals surface area contributed by atoms with Gasteiger partial charge in [-0.05, 0) is 13.6 Å². The molecule has 11 heavy (non-hydrogen) atoms. The van der Waals surface area contributed by atoms with Crippen molar-refractivity contribution in [3.8, 4) is 0 Å². The third kappa shape index (κ3) is 2.77. The number of hydrogen-bond donors (Lipinski definition) is 1. The lowest BCUT2D eigenvalue weighted by atomic mass is 10.2. The SMILES string of the molecule is CCNCCN(C)C1COC1. The van der Waals surface area contributed by atoms with Gasteiger partial charge < -0.3 is 10.1 Å². The van der Waals surface area contributed by atoms with Crippen molar-refractivity contribution in [1.29, 1.82) is 0 Å². The van der Waals surface area contributed by atoms with E-state index in [2.05, 4.69) is 24.2 Å². The van der Waals surface area contributed by atoms with Gasteiger partial charge in [0.05, 0.1) is 19.3 Å². The first-order valence-corrected chi connectivity index (χ1v) is 4.33. The highest BCUT2D eigenvalue weighted by atomic mass is 16.5. The van der Waals surface area contributed by atoms with E-state index in [1.54, 1.807) is 0 Å². The average Bonchev–Trinajstić information content (AvgIpc) is 1.84. The Morgan fingerprint density at radius 3 is 2.73 bits per heavy atom. The molecule has 0 aliphatic carbocycles. The molecule has 1 rings (SSSR count). The highest BCUT2D eigenvalue weighted by Crippen LogP contribution is 2.06. The molecule has 0 aromatic heterocycles. The quantitative estimate of drug-likeness (QED) is 0.567. The van der Waals surface area contributed by atoms with Gasteiger partial charge in [-0.1, -0.05) is 6.92 Å². The normalized spacial score (nSPS) is 18.8. The van der Waals surface area contributed by atoms with Gasteiger partial charge in [-0.3, -0.25) is 4.90 Å². The van der Waals surface area contributed by atoms with Crippen LogP contribution in [0.1, 0.15) is 6.92 Å². The summed E-state index contributed by atoms with van der Waals surface area (Å²) in [5.74, 6) is 0. The molecule has 0 unspecified atom stereocenters. The number of likely N-dealkylation sites (N-methyl/N-ethyl adjacent to an activating group) is 2. The fourth-order valence-electron chi connectivity index (χ4n) is 1.09. The Hall–Kier alpha value is -0.120. The predicted octanol–water partition coefficient (Wildman–Crippen LogP) is -0.0735. The fourth-order valence-corrected chi connectivity index (χ4v) is 1.09. The first-order valence-electron chi connectivity index (χ1n) is 4.33. The molecule has 0 bridgehead atoms. The summed E-state index contributed by atoms with van der Waals surface area (Å²) in [5, 5.41) is 3.30. The second-order valence-corrected chi connectivity index (χ2v) is 3.03. The molecular weight excluding hydrogens is 140 g/mol. The summed E-state index contributed by atoms with van der Waals surface area (Å²) in [7, 11) is 2.16. The van der Waals surface area contributed by atoms with Gasteiger partial charge in [-0.15, -0.1) is 0 Å². The van der Waals surface area contributed by atoms with E-state index in [0.717, 1.165) is 32.8 Å². The molecule has 0 atom stereocenters. The minimum atomic E-state index is 0.675. The Bertz CT molecular complexity index is 104. The standard InChI is InChI=1S/C8H18N2O/c1-3-9-4-5-10(2)8-6-11-7-8/h8-9H,3-7H2,1-2H3. The first kappa shape index (κ1) is 8.97. The van der Waals surface area contributed by atoms with Gasteiger partial charge in [0.15, 0.2) is 0 Å². The summed E-state index contributed by atoms with van der Waals surface area (Å²) in [6, 6.07) is 0.675. The number of nitrogens with one attached hydrogen (secondary N) is 1. The number of ether oxygens (including phenoxy) is 1. The van der Waals surface area contributed by atoms with E-state index in [-0.39, 0.29) is 0 Å². The minimum absolute atomic E-state index is 0.675. The van der Waals surface area contributed by atoms with Crippen LogP contribution in [0.3, 0.4) is 0 Å². The molecule has 3 heteroatoms. The van der Waals surface area contributed by atoms with Crippen LogP contribution in [-0.4, -0.2) is 50.8 Å². The van der Waals surface area contributed by atoms with Gasteiger partial charge in [-0.2, -0.15) is 0 Å². The van der Waals surface area contributed by atoms with Crippen molar-refractivity contribution in [3.05, 3.63) is 0 Å². The largest absolute Gasteiger partial charge is 0.378 e. The molecule has 3 nitrogen and oxygen atoms in total. The maximum absolute atomic E-state index is 5.10. The maximum Gasteiger partial charge on any atom is 0.0645 e. The lowest BCUT2D eigenvalue weighted by Crippen LogP contribution is -2.48. The summed E-state index contributed by atoms with van der Waals surface area (Å²) < 4.78 is 5.10. The molecule has 1 heterocycles. The first-order chi connectivity index (χ1) is 5.34. The van der Waals surface area contributed by atoms with E-state index >= 15 is 0 Å². The van der Waals surface area contributed by atoms with Crippen LogP contribution in [-0.2, 0) is 4.74 Å². The van der Waals surface area contributed by atoms with E-state index in [9.17, 15) is 0 Å². The molecular formula is C8H18N2O. The molecule has 66 valence electrons. The molecule has 0 aromatic carbocycles. The Balaban J connectivity index is 1.96. The zero-order valence-electron chi connectivity index (χ0n) is 7.47. The Morgan fingerprint density at radius 2 is 2.27 bits per heavy atom. The van der Waals surface area contributed by atoms with E-state index in [1.807, 2.05) is 0 Å². The highest BCUT2D eigenvalue weighted by molar-refractivity contribution is 4.74. The summed E-state index contributed by atoms with van der Waals surface area (Å²) >= 11 is 0. The second-order valence-electron chi connectivity index (χ2n) is 3.03. The summed E-state index contributed by atoms with van der Waals surface area (Å²) in [4.78, 5) is 2.35. The van der Waals surface area contributed by atoms with E-state index < -0.39 is 0 Å². The molecule has 1 fully saturated rings. The van der Waals surface area contributed by atoms with Crippen LogP contribution in [0.15, 0.2) is 0 Å². The van der Waals surface area contributed by atoms with Crippen LogP contribution in [0.25, 0.3) is 0 Å². The molecule has 1 aliphatic heterocycles. The van der Waals surface area contributed by atoms with Crippen molar-refractivity contribution in [3.63, 3.8) is 0 Å². The molecule has 0 spiro atoms. The molecule has 0 aromatic rings. The van der Waals surface area contributed by atoms with Gasteiger partial charge in [0.25, 0.3) is 0 Å². The van der Waals surface area contributed by atoms with Crippen molar-refractivity contribution in [2.24, 2.45) is 0 Å². The van der Waals surface area contributed by atoms with Crippen molar-refractivity contribution >= 4 is 0 Å². The third-order valence-electron chi connectivity index (χ3n) is 2.14. The van der Waals surface area contributed by atoms with E-state index in [1.165, 1.54) is 0 Å². The molecule has 0 radical (unpaired) electrons. The van der Waals surface area contributed by atoms with Gasteiger partial charge in [0.2, 0.25) is 0 Å². The van der Waals surface area contributed by atoms with Gasteiger partial charge in [-0.25, -0.2) is 0 Å². The molecule has 0 amide bonds. The van der Waals surface area contributed by atoms with Crippen LogP contribution in [0, 0.1) is 0 Å². The van der Waals surface area contributed by atoms with Crippen LogP contribution in [0.5, 0.6) is 0 Å². The van der Waals surface area contributed by atoms with Gasteiger partial charge in [0, 0.05) is 13.1 Å². The van der Waals surface area contributed by atoms with E-state index in [0.29, 0.717) is 6.04 Å². The zero-order valence-corrected chi connectivity index (χ0v) is 7.47. The van der Waals surface area contributed by atoms with Crippen LogP contribution in [0.2, 0.25) is 0 Å². The second kappa shape index (κ2) is 4.70. The van der Waals surface area contributed by atoms with Crippen molar-refractivity contribution in [2.45, 2.75) is 13.0 Å². The molecule has 1 aliphatic rings. The Morgan fingerprint density at radius 1 is 1.55 bits per heavy atom. The summed E-state index contributed by atoms with van der Waals surface area (Å²) in [6.07, 6.45) is 0.